The number of aromatic nitrogens is 2. The van der Waals surface area contributed by atoms with E-state index in [9.17, 15) is 9.59 Å². The van der Waals surface area contributed by atoms with Crippen molar-refractivity contribution in [2.75, 3.05) is 13.7 Å². The summed E-state index contributed by atoms with van der Waals surface area (Å²) >= 11 is 3.25. The van der Waals surface area contributed by atoms with E-state index in [1.165, 1.54) is 18.0 Å². The predicted octanol–water partition coefficient (Wildman–Crippen LogP) is 0.819. The fourth-order valence-corrected chi connectivity index (χ4v) is 2.42. The van der Waals surface area contributed by atoms with Gasteiger partial charge in [-0.1, -0.05) is 0 Å². The number of nitrogens with two attached hydrogens (primary N) is 1. The number of hydrogen-bond acceptors (Lipinski definition) is 6. The van der Waals surface area contributed by atoms with Crippen LogP contribution in [0.3, 0.4) is 0 Å². The molecule has 3 N–H and O–H groups in total. The Morgan fingerprint density at radius 2 is 2.20 bits per heavy atom. The number of ether oxygens (including phenoxy) is 2. The number of carbonyl (C=O) groups excluding carboxylic acids is 2. The van der Waals surface area contributed by atoms with Crippen molar-refractivity contribution in [1.29, 1.82) is 0 Å². The number of nitrogens with zero attached hydrogens (tertiary/aromatic N) is 3. The third kappa shape index (κ3) is 5.05. The van der Waals surface area contributed by atoms with Gasteiger partial charge in [-0.2, -0.15) is 10.2 Å². The Morgan fingerprint density at radius 1 is 1.44 bits per heavy atom. The van der Waals surface area contributed by atoms with Crippen molar-refractivity contribution in [3.8, 4) is 11.5 Å². The Hall–Kier alpha value is -2.88. The quantitative estimate of drug-likeness (QED) is 0.517. The van der Waals surface area contributed by atoms with Crippen LogP contribution in [0.4, 0.5) is 0 Å². The van der Waals surface area contributed by atoms with Crippen LogP contribution in [0.25, 0.3) is 0 Å². The molecule has 132 valence electrons. The molecule has 1 heterocycles. The van der Waals surface area contributed by atoms with Crippen LogP contribution in [-0.4, -0.2) is 41.5 Å². The monoisotopic (exact) mass is 409 g/mol. The first-order chi connectivity index (χ1) is 11.9. The number of rotatable bonds is 7. The second-order valence-corrected chi connectivity index (χ2v) is 5.72. The number of hydrazone groups is 1. The summed E-state index contributed by atoms with van der Waals surface area (Å²) in [6.45, 7) is -0.251. The molecule has 1 aromatic carbocycles. The number of hydrogen-bond donors (Lipinski definition) is 2. The standard InChI is InChI=1S/C15H16BrN5O4/c1-21-7-10(16)14(20-21)15(23)19-18-6-9-3-4-11(12(5-9)24-2)25-8-13(17)22/h3-7H,8H2,1-2H3,(H2,17,22)(H,19,23)/b18-6+. The number of carbonyl (C=O) groups is 2. The first kappa shape index (κ1) is 18.5. The van der Waals surface area contributed by atoms with Gasteiger partial charge in [0.25, 0.3) is 11.8 Å². The summed E-state index contributed by atoms with van der Waals surface area (Å²) in [5.74, 6) is -0.253. The number of amides is 2. The molecule has 0 aliphatic rings. The molecule has 10 heteroatoms. The zero-order valence-electron chi connectivity index (χ0n) is 13.5. The molecule has 0 unspecified atom stereocenters. The molecule has 25 heavy (non-hydrogen) atoms. The van der Waals surface area contributed by atoms with Gasteiger partial charge in [0.2, 0.25) is 0 Å². The lowest BCUT2D eigenvalue weighted by atomic mass is 10.2. The summed E-state index contributed by atoms with van der Waals surface area (Å²) in [5, 5.41) is 7.90. The fourth-order valence-electron chi connectivity index (χ4n) is 1.86. The molecule has 0 spiro atoms. The number of aryl methyl sites for hydroxylation is 1. The molecule has 0 radical (unpaired) electrons. The summed E-state index contributed by atoms with van der Waals surface area (Å²) in [5.41, 5.74) is 8.31. The highest BCUT2D eigenvalue weighted by Crippen LogP contribution is 2.27. The summed E-state index contributed by atoms with van der Waals surface area (Å²) in [4.78, 5) is 22.7. The minimum atomic E-state index is -0.587. The highest BCUT2D eigenvalue weighted by atomic mass is 79.9. The number of methoxy groups -OCH3 is 1. The Labute approximate surface area is 151 Å². The lowest BCUT2D eigenvalue weighted by Gasteiger charge is -2.09. The largest absolute Gasteiger partial charge is 0.493 e. The van der Waals surface area contributed by atoms with Crippen LogP contribution in [0.2, 0.25) is 0 Å². The van der Waals surface area contributed by atoms with Gasteiger partial charge in [0, 0.05) is 13.2 Å². The molecule has 1 aromatic heterocycles. The van der Waals surface area contributed by atoms with E-state index in [2.05, 4.69) is 31.6 Å². The molecule has 0 saturated heterocycles. The minimum Gasteiger partial charge on any atom is -0.493 e. The second kappa shape index (κ2) is 8.29. The van der Waals surface area contributed by atoms with Crippen LogP contribution < -0.4 is 20.6 Å². The van der Waals surface area contributed by atoms with E-state index in [1.54, 1.807) is 31.4 Å². The molecule has 2 rings (SSSR count). The molecular weight excluding hydrogens is 394 g/mol. The van der Waals surface area contributed by atoms with Crippen LogP contribution in [0.15, 0.2) is 34.0 Å². The number of nitrogens with one attached hydrogen (secondary N) is 1. The Balaban J connectivity index is 2.04. The van der Waals surface area contributed by atoms with E-state index >= 15 is 0 Å². The van der Waals surface area contributed by atoms with E-state index < -0.39 is 11.8 Å². The average Bonchev–Trinajstić information content (AvgIpc) is 2.91. The van der Waals surface area contributed by atoms with Crippen LogP contribution in [0.5, 0.6) is 11.5 Å². The SMILES string of the molecule is COc1cc(/C=N/NC(=O)c2nn(C)cc2Br)ccc1OCC(N)=O. The van der Waals surface area contributed by atoms with Crippen LogP contribution in [-0.2, 0) is 11.8 Å². The summed E-state index contributed by atoms with van der Waals surface area (Å²) < 4.78 is 12.5. The van der Waals surface area contributed by atoms with E-state index in [4.69, 9.17) is 15.2 Å². The highest BCUT2D eigenvalue weighted by molar-refractivity contribution is 9.10. The molecule has 0 aliphatic carbocycles. The van der Waals surface area contributed by atoms with Crippen molar-refractivity contribution in [3.63, 3.8) is 0 Å². The van der Waals surface area contributed by atoms with Gasteiger partial charge in [-0.3, -0.25) is 14.3 Å². The molecule has 9 nitrogen and oxygen atoms in total. The van der Waals surface area contributed by atoms with Crippen LogP contribution in [0, 0.1) is 0 Å². The van der Waals surface area contributed by atoms with Crippen molar-refractivity contribution in [2.45, 2.75) is 0 Å². The van der Waals surface area contributed by atoms with E-state index in [0.29, 0.717) is 21.5 Å². The normalized spacial score (nSPS) is 10.7. The van der Waals surface area contributed by atoms with Crippen LogP contribution >= 0.6 is 15.9 Å². The zero-order chi connectivity index (χ0) is 18.4. The smallest absolute Gasteiger partial charge is 0.293 e. The maximum Gasteiger partial charge on any atom is 0.293 e. The lowest BCUT2D eigenvalue weighted by Crippen LogP contribution is -2.20. The average molecular weight is 410 g/mol. The van der Waals surface area contributed by atoms with Gasteiger partial charge in [-0.15, -0.1) is 0 Å². The van der Waals surface area contributed by atoms with Gasteiger partial charge in [-0.05, 0) is 39.7 Å². The summed E-state index contributed by atoms with van der Waals surface area (Å²) in [6, 6.07) is 4.94. The maximum atomic E-state index is 12.0. The molecule has 0 saturated carbocycles. The fraction of sp³-hybridized carbons (Fsp3) is 0.200. The lowest BCUT2D eigenvalue weighted by molar-refractivity contribution is -0.119. The molecule has 0 fully saturated rings. The van der Waals surface area contributed by atoms with Gasteiger partial charge in [-0.25, -0.2) is 5.43 Å². The number of benzene rings is 1. The summed E-state index contributed by atoms with van der Waals surface area (Å²) in [7, 11) is 3.17. The van der Waals surface area contributed by atoms with Gasteiger partial charge in [0.15, 0.2) is 23.8 Å². The van der Waals surface area contributed by atoms with Crippen molar-refractivity contribution in [1.82, 2.24) is 15.2 Å². The Morgan fingerprint density at radius 3 is 2.80 bits per heavy atom. The van der Waals surface area contributed by atoms with E-state index in [0.717, 1.165) is 0 Å². The first-order valence-corrected chi connectivity index (χ1v) is 7.81. The van der Waals surface area contributed by atoms with Crippen molar-refractivity contribution < 1.29 is 19.1 Å². The van der Waals surface area contributed by atoms with Gasteiger partial charge < -0.3 is 15.2 Å². The third-order valence-electron chi connectivity index (χ3n) is 2.94. The first-order valence-electron chi connectivity index (χ1n) is 7.02. The predicted molar refractivity (Wildman–Crippen MR) is 93.7 cm³/mol. The van der Waals surface area contributed by atoms with E-state index in [1.807, 2.05) is 0 Å². The van der Waals surface area contributed by atoms with Gasteiger partial charge >= 0.3 is 0 Å². The highest BCUT2D eigenvalue weighted by Gasteiger charge is 2.13. The third-order valence-corrected chi connectivity index (χ3v) is 3.52. The maximum absolute atomic E-state index is 12.0. The van der Waals surface area contributed by atoms with E-state index in [-0.39, 0.29) is 12.3 Å². The minimum absolute atomic E-state index is 0.229. The summed E-state index contributed by atoms with van der Waals surface area (Å²) in [6.07, 6.45) is 3.10. The molecule has 0 aliphatic heterocycles. The molecule has 2 aromatic rings. The molecule has 2 amide bonds. The molecular formula is C15H16BrN5O4. The number of halogens is 1. The van der Waals surface area contributed by atoms with Crippen molar-refractivity contribution in [2.24, 2.45) is 17.9 Å². The number of primary amides is 1. The van der Waals surface area contributed by atoms with Gasteiger partial charge in [0.1, 0.15) is 0 Å². The molecule has 0 atom stereocenters. The van der Waals surface area contributed by atoms with Crippen molar-refractivity contribution in [3.05, 3.63) is 40.1 Å². The Bertz CT molecular complexity index is 818. The zero-order valence-corrected chi connectivity index (χ0v) is 15.1. The topological polar surface area (TPSA) is 121 Å². The molecule has 0 bridgehead atoms. The van der Waals surface area contributed by atoms with Crippen molar-refractivity contribution >= 4 is 34.0 Å². The van der Waals surface area contributed by atoms with Gasteiger partial charge in [0.05, 0.1) is 17.8 Å². The second-order valence-electron chi connectivity index (χ2n) is 4.86. The van der Waals surface area contributed by atoms with Crippen LogP contribution in [0.1, 0.15) is 16.1 Å². The Kier molecular flexibility index (Phi) is 6.12.